The van der Waals surface area contributed by atoms with E-state index in [-0.39, 0.29) is 6.10 Å². The number of aliphatic hydroxyl groups excluding tert-OH is 1. The molecule has 3 atom stereocenters. The van der Waals surface area contributed by atoms with Crippen LogP contribution in [0.15, 0.2) is 11.6 Å². The van der Waals surface area contributed by atoms with Crippen molar-refractivity contribution in [1.29, 1.82) is 0 Å². The third-order valence-corrected chi connectivity index (χ3v) is 3.55. The van der Waals surface area contributed by atoms with Crippen molar-refractivity contribution in [3.8, 4) is 0 Å². The first-order valence-corrected chi connectivity index (χ1v) is 5.85. The molecule has 3 unspecified atom stereocenters. The molecular weight excluding hydrogens is 174 g/mol. The Hall–Kier alpha value is -0.340. The highest BCUT2D eigenvalue weighted by atomic mass is 16.3. The summed E-state index contributed by atoms with van der Waals surface area (Å²) in [6.07, 6.45) is 7.22. The molecule has 0 aromatic carbocycles. The van der Waals surface area contributed by atoms with Gasteiger partial charge in [-0.25, -0.2) is 0 Å². The first kappa shape index (κ1) is 10.2. The SMILES string of the molecule is CC1CCCC(C2=CC(O)CNC2)C1. The Bertz CT molecular complexity index is 224. The second kappa shape index (κ2) is 4.45. The van der Waals surface area contributed by atoms with Crippen LogP contribution in [-0.2, 0) is 0 Å². The van der Waals surface area contributed by atoms with Crippen LogP contribution in [-0.4, -0.2) is 24.3 Å². The Kier molecular flexibility index (Phi) is 3.24. The standard InChI is InChI=1S/C12H21NO/c1-9-3-2-4-10(5-9)11-6-12(14)8-13-7-11/h6,9-10,12-14H,2-5,7-8H2,1H3. The number of rotatable bonds is 1. The molecule has 2 N–H and O–H groups in total. The molecule has 2 heteroatoms. The molecule has 0 aromatic rings. The highest BCUT2D eigenvalue weighted by Crippen LogP contribution is 2.33. The topological polar surface area (TPSA) is 32.3 Å². The largest absolute Gasteiger partial charge is 0.388 e. The van der Waals surface area contributed by atoms with Crippen LogP contribution in [0.2, 0.25) is 0 Å². The van der Waals surface area contributed by atoms with Crippen molar-refractivity contribution in [2.45, 2.75) is 38.7 Å². The van der Waals surface area contributed by atoms with Gasteiger partial charge in [-0.05, 0) is 24.7 Å². The van der Waals surface area contributed by atoms with Crippen molar-refractivity contribution >= 4 is 0 Å². The van der Waals surface area contributed by atoms with E-state index in [4.69, 9.17) is 0 Å². The number of hydrogen-bond acceptors (Lipinski definition) is 2. The van der Waals surface area contributed by atoms with Gasteiger partial charge >= 0.3 is 0 Å². The van der Waals surface area contributed by atoms with E-state index in [1.807, 2.05) is 0 Å². The van der Waals surface area contributed by atoms with E-state index in [9.17, 15) is 5.11 Å². The fourth-order valence-corrected chi connectivity index (χ4v) is 2.78. The van der Waals surface area contributed by atoms with Gasteiger partial charge in [0, 0.05) is 13.1 Å². The zero-order valence-corrected chi connectivity index (χ0v) is 9.00. The molecule has 14 heavy (non-hydrogen) atoms. The smallest absolute Gasteiger partial charge is 0.0848 e. The van der Waals surface area contributed by atoms with Gasteiger partial charge in [0.2, 0.25) is 0 Å². The average Bonchev–Trinajstić information content (AvgIpc) is 2.18. The lowest BCUT2D eigenvalue weighted by Gasteiger charge is -2.31. The van der Waals surface area contributed by atoms with Crippen LogP contribution in [0.4, 0.5) is 0 Å². The summed E-state index contributed by atoms with van der Waals surface area (Å²) in [7, 11) is 0. The van der Waals surface area contributed by atoms with Gasteiger partial charge in [0.1, 0.15) is 0 Å². The minimum Gasteiger partial charge on any atom is -0.388 e. The third-order valence-electron chi connectivity index (χ3n) is 3.55. The number of nitrogens with one attached hydrogen (secondary N) is 1. The molecule has 80 valence electrons. The van der Waals surface area contributed by atoms with Crippen molar-refractivity contribution in [1.82, 2.24) is 5.32 Å². The van der Waals surface area contributed by atoms with Gasteiger partial charge in [-0.2, -0.15) is 0 Å². The van der Waals surface area contributed by atoms with Gasteiger partial charge in [0.25, 0.3) is 0 Å². The Balaban J connectivity index is 1.99. The summed E-state index contributed by atoms with van der Waals surface area (Å²) in [4.78, 5) is 0. The average molecular weight is 195 g/mol. The van der Waals surface area contributed by atoms with Crippen molar-refractivity contribution in [2.75, 3.05) is 13.1 Å². The fraction of sp³-hybridized carbons (Fsp3) is 0.833. The molecule has 1 saturated carbocycles. The summed E-state index contributed by atoms with van der Waals surface area (Å²) in [5.41, 5.74) is 1.45. The predicted octanol–water partition coefficient (Wildman–Crippen LogP) is 1.70. The van der Waals surface area contributed by atoms with Gasteiger partial charge in [-0.1, -0.05) is 31.4 Å². The summed E-state index contributed by atoms with van der Waals surface area (Å²) >= 11 is 0. The number of aliphatic hydroxyl groups is 1. The molecule has 2 nitrogen and oxygen atoms in total. The lowest BCUT2D eigenvalue weighted by Crippen LogP contribution is -2.35. The summed E-state index contributed by atoms with van der Waals surface area (Å²) in [6.45, 7) is 4.07. The maximum absolute atomic E-state index is 9.54. The molecule has 1 fully saturated rings. The molecule has 0 spiro atoms. The highest BCUT2D eigenvalue weighted by Gasteiger charge is 2.24. The van der Waals surface area contributed by atoms with Crippen LogP contribution in [0.1, 0.15) is 32.6 Å². The summed E-state index contributed by atoms with van der Waals surface area (Å²) in [6, 6.07) is 0. The second-order valence-corrected chi connectivity index (χ2v) is 4.91. The van der Waals surface area contributed by atoms with Gasteiger partial charge in [-0.15, -0.1) is 0 Å². The van der Waals surface area contributed by atoms with Gasteiger partial charge in [0.15, 0.2) is 0 Å². The monoisotopic (exact) mass is 195 g/mol. The Morgan fingerprint density at radius 1 is 1.43 bits per heavy atom. The number of hydrogen-bond donors (Lipinski definition) is 2. The highest BCUT2D eigenvalue weighted by molar-refractivity contribution is 5.15. The molecule has 2 aliphatic rings. The molecule has 0 amide bonds. The van der Waals surface area contributed by atoms with Crippen molar-refractivity contribution in [2.24, 2.45) is 11.8 Å². The molecule has 1 aliphatic heterocycles. The van der Waals surface area contributed by atoms with Crippen molar-refractivity contribution < 1.29 is 5.11 Å². The van der Waals surface area contributed by atoms with Crippen LogP contribution in [0.3, 0.4) is 0 Å². The Morgan fingerprint density at radius 2 is 2.29 bits per heavy atom. The lowest BCUT2D eigenvalue weighted by molar-refractivity contribution is 0.206. The van der Waals surface area contributed by atoms with E-state index in [2.05, 4.69) is 18.3 Å². The quantitative estimate of drug-likeness (QED) is 0.624. The molecular formula is C12H21NO. The first-order valence-electron chi connectivity index (χ1n) is 5.85. The minimum absolute atomic E-state index is 0.254. The zero-order chi connectivity index (χ0) is 9.97. The summed E-state index contributed by atoms with van der Waals surface area (Å²) < 4.78 is 0. The number of β-amino-alcohol motifs (C(OH)–C–C–N with tert-alkyl or cyclic N) is 1. The van der Waals surface area contributed by atoms with Crippen LogP contribution >= 0.6 is 0 Å². The summed E-state index contributed by atoms with van der Waals surface area (Å²) in [5.74, 6) is 1.61. The molecule has 0 aromatic heterocycles. The van der Waals surface area contributed by atoms with Crippen LogP contribution in [0, 0.1) is 11.8 Å². The van der Waals surface area contributed by atoms with Crippen LogP contribution in [0.25, 0.3) is 0 Å². The molecule has 1 aliphatic carbocycles. The maximum Gasteiger partial charge on any atom is 0.0848 e. The van der Waals surface area contributed by atoms with E-state index in [1.54, 1.807) is 0 Å². The lowest BCUT2D eigenvalue weighted by atomic mass is 9.77. The van der Waals surface area contributed by atoms with Gasteiger partial charge in [-0.3, -0.25) is 0 Å². The Labute approximate surface area is 86.4 Å². The minimum atomic E-state index is -0.254. The van der Waals surface area contributed by atoms with Gasteiger partial charge < -0.3 is 10.4 Å². The van der Waals surface area contributed by atoms with E-state index in [1.165, 1.54) is 31.3 Å². The maximum atomic E-state index is 9.54. The van der Waals surface area contributed by atoms with E-state index < -0.39 is 0 Å². The molecule has 0 saturated heterocycles. The van der Waals surface area contributed by atoms with E-state index in [0.29, 0.717) is 0 Å². The van der Waals surface area contributed by atoms with Crippen molar-refractivity contribution in [3.63, 3.8) is 0 Å². The fourth-order valence-electron chi connectivity index (χ4n) is 2.78. The molecule has 1 heterocycles. The van der Waals surface area contributed by atoms with Crippen molar-refractivity contribution in [3.05, 3.63) is 11.6 Å². The first-order chi connectivity index (χ1) is 6.75. The zero-order valence-electron chi connectivity index (χ0n) is 9.00. The van der Waals surface area contributed by atoms with E-state index >= 15 is 0 Å². The Morgan fingerprint density at radius 3 is 3.00 bits per heavy atom. The predicted molar refractivity (Wildman–Crippen MR) is 58.1 cm³/mol. The molecule has 2 rings (SSSR count). The van der Waals surface area contributed by atoms with Crippen LogP contribution in [0.5, 0.6) is 0 Å². The third kappa shape index (κ3) is 2.37. The van der Waals surface area contributed by atoms with Gasteiger partial charge in [0.05, 0.1) is 6.10 Å². The molecule has 0 radical (unpaired) electrons. The normalized spacial score (nSPS) is 39.3. The second-order valence-electron chi connectivity index (χ2n) is 4.91. The molecule has 0 bridgehead atoms. The van der Waals surface area contributed by atoms with E-state index in [0.717, 1.165) is 24.9 Å². The van der Waals surface area contributed by atoms with Crippen LogP contribution < -0.4 is 5.32 Å². The summed E-state index contributed by atoms with van der Waals surface area (Å²) in [5, 5.41) is 12.8.